The van der Waals surface area contributed by atoms with E-state index >= 15 is 0 Å². The summed E-state index contributed by atoms with van der Waals surface area (Å²) in [5.41, 5.74) is 1.86. The van der Waals surface area contributed by atoms with Crippen molar-refractivity contribution >= 4 is 17.4 Å². The Labute approximate surface area is 199 Å². The average Bonchev–Trinajstić information content (AvgIpc) is 3.08. The van der Waals surface area contributed by atoms with Crippen LogP contribution in [0.4, 0.5) is 0 Å². The Morgan fingerprint density at radius 1 is 0.971 bits per heavy atom. The minimum atomic E-state index is -0.813. The van der Waals surface area contributed by atoms with Gasteiger partial charge in [-0.15, -0.1) is 0 Å². The summed E-state index contributed by atoms with van der Waals surface area (Å²) in [6.45, 7) is 6.94. The monoisotopic (exact) mass is 469 g/mol. The first-order valence-corrected chi connectivity index (χ1v) is 11.2. The zero-order valence-corrected chi connectivity index (χ0v) is 20.2. The summed E-state index contributed by atoms with van der Waals surface area (Å²) >= 11 is 0. The highest BCUT2D eigenvalue weighted by Gasteiger charge is 2.46. The zero-order chi connectivity index (χ0) is 24.8. The van der Waals surface area contributed by atoms with Crippen LogP contribution in [0.3, 0.4) is 0 Å². The Hall–Kier alpha value is -3.52. The zero-order valence-electron chi connectivity index (χ0n) is 20.2. The number of likely N-dealkylation sites (tertiary alicyclic amines) is 1. The number of rotatable bonds is 10. The van der Waals surface area contributed by atoms with Crippen molar-refractivity contribution in [2.75, 3.05) is 40.6 Å². The highest BCUT2D eigenvalue weighted by molar-refractivity contribution is 6.46. The van der Waals surface area contributed by atoms with Crippen LogP contribution in [0.15, 0.2) is 42.0 Å². The van der Waals surface area contributed by atoms with Crippen LogP contribution in [0.1, 0.15) is 36.6 Å². The summed E-state index contributed by atoms with van der Waals surface area (Å²) < 4.78 is 21.8. The van der Waals surface area contributed by atoms with Crippen molar-refractivity contribution in [2.45, 2.75) is 26.8 Å². The lowest BCUT2D eigenvalue weighted by Crippen LogP contribution is -2.32. The van der Waals surface area contributed by atoms with Gasteiger partial charge >= 0.3 is 0 Å². The SMILES string of the molecule is CCOc1ccc(/C(O)=C2/C(=O)C(=O)N(CCOC)C2c2ccc(OC)c(OCC)c2)cc1C. The molecule has 1 saturated heterocycles. The minimum absolute atomic E-state index is 0.0114. The van der Waals surface area contributed by atoms with Crippen molar-refractivity contribution in [2.24, 2.45) is 0 Å². The molecule has 1 N–H and O–H groups in total. The van der Waals surface area contributed by atoms with Crippen molar-refractivity contribution < 1.29 is 33.6 Å². The Morgan fingerprint density at radius 2 is 1.65 bits per heavy atom. The smallest absolute Gasteiger partial charge is 0.295 e. The van der Waals surface area contributed by atoms with Gasteiger partial charge in [-0.05, 0) is 62.2 Å². The highest BCUT2D eigenvalue weighted by atomic mass is 16.5. The van der Waals surface area contributed by atoms with E-state index in [2.05, 4.69) is 0 Å². The van der Waals surface area contributed by atoms with Crippen molar-refractivity contribution in [3.8, 4) is 17.2 Å². The fourth-order valence-corrected chi connectivity index (χ4v) is 4.05. The molecule has 0 aliphatic carbocycles. The van der Waals surface area contributed by atoms with E-state index in [0.29, 0.717) is 41.6 Å². The van der Waals surface area contributed by atoms with Gasteiger partial charge in [-0.1, -0.05) is 6.07 Å². The lowest BCUT2D eigenvalue weighted by molar-refractivity contribution is -0.140. The van der Waals surface area contributed by atoms with Gasteiger partial charge in [0.2, 0.25) is 0 Å². The molecular formula is C26H31NO7. The fourth-order valence-electron chi connectivity index (χ4n) is 4.05. The third kappa shape index (κ3) is 4.87. The Bertz CT molecular complexity index is 1090. The molecule has 0 bridgehead atoms. The Kier molecular flexibility index (Phi) is 8.17. The van der Waals surface area contributed by atoms with Crippen molar-refractivity contribution in [3.05, 3.63) is 58.7 Å². The molecule has 1 atom stereocenters. The predicted molar refractivity (Wildman–Crippen MR) is 127 cm³/mol. The molecule has 0 aromatic heterocycles. The summed E-state index contributed by atoms with van der Waals surface area (Å²) in [7, 11) is 3.06. The van der Waals surface area contributed by atoms with Gasteiger partial charge in [0.1, 0.15) is 11.5 Å². The van der Waals surface area contributed by atoms with Gasteiger partial charge < -0.3 is 29.0 Å². The van der Waals surface area contributed by atoms with Gasteiger partial charge in [-0.25, -0.2) is 0 Å². The van der Waals surface area contributed by atoms with E-state index < -0.39 is 17.7 Å². The molecule has 8 heteroatoms. The molecule has 1 aliphatic rings. The summed E-state index contributed by atoms with van der Waals surface area (Å²) in [6.07, 6.45) is 0. The van der Waals surface area contributed by atoms with E-state index in [1.807, 2.05) is 20.8 Å². The van der Waals surface area contributed by atoms with Crippen LogP contribution in [0.25, 0.3) is 5.76 Å². The van der Waals surface area contributed by atoms with E-state index in [0.717, 1.165) is 5.56 Å². The maximum atomic E-state index is 13.1. The molecule has 8 nitrogen and oxygen atoms in total. The minimum Gasteiger partial charge on any atom is -0.507 e. The molecular weight excluding hydrogens is 438 g/mol. The van der Waals surface area contributed by atoms with Crippen LogP contribution in [0.5, 0.6) is 17.2 Å². The lowest BCUT2D eigenvalue weighted by Gasteiger charge is -2.25. The maximum absolute atomic E-state index is 13.1. The highest BCUT2D eigenvalue weighted by Crippen LogP contribution is 2.42. The molecule has 1 heterocycles. The number of benzene rings is 2. The number of ether oxygens (including phenoxy) is 4. The second-order valence-electron chi connectivity index (χ2n) is 7.74. The van der Waals surface area contributed by atoms with Crippen LogP contribution in [0.2, 0.25) is 0 Å². The third-order valence-corrected chi connectivity index (χ3v) is 5.63. The van der Waals surface area contributed by atoms with Gasteiger partial charge in [0.25, 0.3) is 11.7 Å². The number of carbonyl (C=O) groups is 2. The van der Waals surface area contributed by atoms with Gasteiger partial charge in [0.15, 0.2) is 11.5 Å². The van der Waals surface area contributed by atoms with E-state index in [4.69, 9.17) is 18.9 Å². The van der Waals surface area contributed by atoms with Crippen LogP contribution < -0.4 is 14.2 Å². The largest absolute Gasteiger partial charge is 0.507 e. The molecule has 0 radical (unpaired) electrons. The average molecular weight is 470 g/mol. The number of Topliss-reactive ketones (excluding diaryl/α,β-unsaturated/α-hetero) is 1. The van der Waals surface area contributed by atoms with Crippen LogP contribution >= 0.6 is 0 Å². The number of nitrogens with zero attached hydrogens (tertiary/aromatic N) is 1. The summed E-state index contributed by atoms with van der Waals surface area (Å²) in [4.78, 5) is 27.5. The number of carbonyl (C=O) groups excluding carboxylic acids is 2. The van der Waals surface area contributed by atoms with Gasteiger partial charge in [-0.2, -0.15) is 0 Å². The second-order valence-corrected chi connectivity index (χ2v) is 7.74. The maximum Gasteiger partial charge on any atom is 0.295 e. The summed E-state index contributed by atoms with van der Waals surface area (Å²) in [6, 6.07) is 9.55. The fraction of sp³-hybridized carbons (Fsp3) is 0.385. The molecule has 182 valence electrons. The molecule has 1 amide bonds. The van der Waals surface area contributed by atoms with Gasteiger partial charge in [0.05, 0.1) is 38.5 Å². The summed E-state index contributed by atoms with van der Waals surface area (Å²) in [5, 5.41) is 11.3. The molecule has 34 heavy (non-hydrogen) atoms. The number of amides is 1. The number of hydrogen-bond acceptors (Lipinski definition) is 7. The number of hydrogen-bond donors (Lipinski definition) is 1. The van der Waals surface area contributed by atoms with Crippen molar-refractivity contribution in [1.29, 1.82) is 0 Å². The predicted octanol–water partition coefficient (Wildman–Crippen LogP) is 3.87. The van der Waals surface area contributed by atoms with Crippen LogP contribution in [-0.4, -0.2) is 62.3 Å². The first-order chi connectivity index (χ1) is 16.4. The molecule has 2 aromatic rings. The van der Waals surface area contributed by atoms with E-state index in [1.54, 1.807) is 36.4 Å². The van der Waals surface area contributed by atoms with Crippen molar-refractivity contribution in [3.63, 3.8) is 0 Å². The molecule has 2 aromatic carbocycles. The van der Waals surface area contributed by atoms with Gasteiger partial charge in [0, 0.05) is 19.2 Å². The lowest BCUT2D eigenvalue weighted by atomic mass is 9.94. The van der Waals surface area contributed by atoms with Crippen LogP contribution in [0, 0.1) is 6.92 Å². The Balaban J connectivity index is 2.17. The number of aliphatic hydroxyl groups excluding tert-OH is 1. The summed E-state index contributed by atoms with van der Waals surface area (Å²) in [5.74, 6) is 0.00752. The molecule has 1 unspecified atom stereocenters. The van der Waals surface area contributed by atoms with E-state index in [-0.39, 0.29) is 24.5 Å². The molecule has 1 fully saturated rings. The van der Waals surface area contributed by atoms with Crippen LogP contribution in [-0.2, 0) is 14.3 Å². The molecule has 1 aliphatic heterocycles. The number of aliphatic hydroxyl groups is 1. The third-order valence-electron chi connectivity index (χ3n) is 5.63. The standard InChI is InChI=1S/C26H31NO7/c1-6-33-19-10-9-18(14-16(19)3)24(28)22-23(27(12-13-31-4)26(30)25(22)29)17-8-11-20(32-5)21(15-17)34-7-2/h8-11,14-15,23,28H,6-7,12-13H2,1-5H3/b24-22-. The number of methoxy groups -OCH3 is 2. The molecule has 0 spiro atoms. The second kappa shape index (κ2) is 11.1. The topological polar surface area (TPSA) is 94.5 Å². The van der Waals surface area contributed by atoms with E-state index in [1.165, 1.54) is 19.1 Å². The Morgan fingerprint density at radius 3 is 2.26 bits per heavy atom. The van der Waals surface area contributed by atoms with Crippen molar-refractivity contribution in [1.82, 2.24) is 4.90 Å². The normalized spacial score (nSPS) is 17.2. The molecule has 3 rings (SSSR count). The van der Waals surface area contributed by atoms with Gasteiger partial charge in [-0.3, -0.25) is 9.59 Å². The number of aryl methyl sites for hydroxylation is 1. The quantitative estimate of drug-likeness (QED) is 0.321. The first-order valence-electron chi connectivity index (χ1n) is 11.2. The van der Waals surface area contributed by atoms with E-state index in [9.17, 15) is 14.7 Å². The number of ketones is 1. The molecule has 0 saturated carbocycles. The first kappa shape index (κ1) is 25.1.